The third kappa shape index (κ3) is 1.66. The van der Waals surface area contributed by atoms with Gasteiger partial charge in [0.15, 0.2) is 17.3 Å². The molecule has 1 aromatic heterocycles. The van der Waals surface area contributed by atoms with Crippen molar-refractivity contribution < 1.29 is 18.7 Å². The van der Waals surface area contributed by atoms with E-state index >= 15 is 0 Å². The standard InChI is InChI=1S/C14H12O4/c1-8(15)11-6-13(18-9(11)2)10-3-4-12-14(5-10)17-7-16-12/h3-6H,7H2,1-2H3. The SMILES string of the molecule is CC(=O)c1cc(-c2ccc3c(c2)OCO3)oc1C. The molecule has 2 heterocycles. The van der Waals surface area contributed by atoms with Crippen molar-refractivity contribution in [1.29, 1.82) is 0 Å². The first-order valence-electron chi connectivity index (χ1n) is 5.66. The molecule has 18 heavy (non-hydrogen) atoms. The summed E-state index contributed by atoms with van der Waals surface area (Å²) in [6, 6.07) is 7.33. The van der Waals surface area contributed by atoms with Crippen molar-refractivity contribution in [2.75, 3.05) is 6.79 Å². The number of aryl methyl sites for hydroxylation is 1. The second-order valence-electron chi connectivity index (χ2n) is 4.20. The molecular formula is C14H12O4. The first kappa shape index (κ1) is 10.9. The molecule has 4 nitrogen and oxygen atoms in total. The van der Waals surface area contributed by atoms with Gasteiger partial charge in [-0.2, -0.15) is 0 Å². The zero-order valence-corrected chi connectivity index (χ0v) is 10.1. The highest BCUT2D eigenvalue weighted by atomic mass is 16.7. The van der Waals surface area contributed by atoms with E-state index in [1.807, 2.05) is 18.2 Å². The summed E-state index contributed by atoms with van der Waals surface area (Å²) in [5, 5.41) is 0. The number of hydrogen-bond acceptors (Lipinski definition) is 4. The maximum absolute atomic E-state index is 11.4. The van der Waals surface area contributed by atoms with Crippen LogP contribution in [0.25, 0.3) is 11.3 Å². The van der Waals surface area contributed by atoms with Crippen LogP contribution in [0, 0.1) is 6.92 Å². The Bertz CT molecular complexity index is 625. The van der Waals surface area contributed by atoms with Gasteiger partial charge in [0.05, 0.1) is 5.56 Å². The minimum atomic E-state index is 0.00300. The molecule has 0 N–H and O–H groups in total. The minimum Gasteiger partial charge on any atom is -0.461 e. The Labute approximate surface area is 104 Å². The zero-order valence-electron chi connectivity index (χ0n) is 10.1. The summed E-state index contributed by atoms with van der Waals surface area (Å²) in [5.74, 6) is 2.73. The van der Waals surface area contributed by atoms with E-state index in [1.54, 1.807) is 13.0 Å². The van der Waals surface area contributed by atoms with E-state index < -0.39 is 0 Å². The Hall–Kier alpha value is -2.23. The number of fused-ring (bicyclic) bond motifs is 1. The van der Waals surface area contributed by atoms with Crippen LogP contribution in [0.15, 0.2) is 28.7 Å². The molecule has 2 aromatic rings. The number of benzene rings is 1. The van der Waals surface area contributed by atoms with Crippen LogP contribution in [-0.4, -0.2) is 12.6 Å². The third-order valence-electron chi connectivity index (χ3n) is 2.95. The summed E-state index contributed by atoms with van der Waals surface area (Å²) in [7, 11) is 0. The fraction of sp³-hybridized carbons (Fsp3) is 0.214. The van der Waals surface area contributed by atoms with Crippen LogP contribution in [-0.2, 0) is 0 Å². The minimum absolute atomic E-state index is 0.00300. The molecule has 1 aliphatic heterocycles. The lowest BCUT2D eigenvalue weighted by Crippen LogP contribution is -1.92. The van der Waals surface area contributed by atoms with Crippen LogP contribution in [0.3, 0.4) is 0 Å². The molecule has 3 rings (SSSR count). The molecule has 92 valence electrons. The fourth-order valence-corrected chi connectivity index (χ4v) is 2.02. The third-order valence-corrected chi connectivity index (χ3v) is 2.95. The monoisotopic (exact) mass is 244 g/mol. The first-order valence-corrected chi connectivity index (χ1v) is 5.66. The summed E-state index contributed by atoms with van der Waals surface area (Å²) in [6.07, 6.45) is 0. The van der Waals surface area contributed by atoms with Gasteiger partial charge in [0.2, 0.25) is 6.79 Å². The van der Waals surface area contributed by atoms with Gasteiger partial charge in [-0.25, -0.2) is 0 Å². The lowest BCUT2D eigenvalue weighted by atomic mass is 10.1. The van der Waals surface area contributed by atoms with Crippen LogP contribution in [0.4, 0.5) is 0 Å². The van der Waals surface area contributed by atoms with Gasteiger partial charge in [-0.1, -0.05) is 0 Å². The number of furan rings is 1. The van der Waals surface area contributed by atoms with Crippen LogP contribution >= 0.6 is 0 Å². The van der Waals surface area contributed by atoms with Crippen molar-refractivity contribution in [3.63, 3.8) is 0 Å². The zero-order chi connectivity index (χ0) is 12.7. The van der Waals surface area contributed by atoms with Crippen molar-refractivity contribution in [3.8, 4) is 22.8 Å². The quantitative estimate of drug-likeness (QED) is 0.761. The van der Waals surface area contributed by atoms with Crippen LogP contribution in [0.2, 0.25) is 0 Å². The van der Waals surface area contributed by atoms with E-state index in [1.165, 1.54) is 6.92 Å². The van der Waals surface area contributed by atoms with Crippen LogP contribution in [0.1, 0.15) is 23.0 Å². The number of hydrogen-bond donors (Lipinski definition) is 0. The Morgan fingerprint density at radius 2 is 1.94 bits per heavy atom. The molecule has 0 radical (unpaired) electrons. The van der Waals surface area contributed by atoms with Crippen molar-refractivity contribution >= 4 is 5.78 Å². The van der Waals surface area contributed by atoms with E-state index in [0.717, 1.165) is 11.3 Å². The molecule has 4 heteroatoms. The molecule has 0 spiro atoms. The molecular weight excluding hydrogens is 232 g/mol. The number of ketones is 1. The second kappa shape index (κ2) is 3.91. The fourth-order valence-electron chi connectivity index (χ4n) is 2.02. The van der Waals surface area contributed by atoms with Gasteiger partial charge in [0, 0.05) is 5.56 Å². The molecule has 0 aliphatic carbocycles. The lowest BCUT2D eigenvalue weighted by molar-refractivity contribution is 0.101. The average molecular weight is 244 g/mol. The average Bonchev–Trinajstić information content (AvgIpc) is 2.93. The largest absolute Gasteiger partial charge is 0.461 e. The Morgan fingerprint density at radius 1 is 1.17 bits per heavy atom. The van der Waals surface area contributed by atoms with Gasteiger partial charge >= 0.3 is 0 Å². The number of carbonyl (C=O) groups excluding carboxylic acids is 1. The molecule has 0 bridgehead atoms. The second-order valence-corrected chi connectivity index (χ2v) is 4.20. The summed E-state index contributed by atoms with van der Waals surface area (Å²) in [6.45, 7) is 3.56. The normalized spacial score (nSPS) is 12.8. The summed E-state index contributed by atoms with van der Waals surface area (Å²) in [5.41, 5.74) is 1.48. The van der Waals surface area contributed by atoms with Crippen molar-refractivity contribution in [1.82, 2.24) is 0 Å². The maximum Gasteiger partial charge on any atom is 0.231 e. The lowest BCUT2D eigenvalue weighted by Gasteiger charge is -1.99. The van der Waals surface area contributed by atoms with Crippen molar-refractivity contribution in [2.24, 2.45) is 0 Å². The maximum atomic E-state index is 11.4. The molecule has 0 atom stereocenters. The number of Topliss-reactive ketones (excluding diaryl/α,β-unsaturated/α-hetero) is 1. The topological polar surface area (TPSA) is 48.7 Å². The van der Waals surface area contributed by atoms with Crippen LogP contribution in [0.5, 0.6) is 11.5 Å². The van der Waals surface area contributed by atoms with Gasteiger partial charge in [0.1, 0.15) is 11.5 Å². The molecule has 0 saturated heterocycles. The predicted octanol–water partition coefficient (Wildman–Crippen LogP) is 3.19. The van der Waals surface area contributed by atoms with Crippen molar-refractivity contribution in [3.05, 3.63) is 35.6 Å². The smallest absolute Gasteiger partial charge is 0.231 e. The first-order chi connectivity index (χ1) is 8.65. The Kier molecular flexibility index (Phi) is 2.37. The van der Waals surface area contributed by atoms with E-state index in [-0.39, 0.29) is 12.6 Å². The van der Waals surface area contributed by atoms with E-state index in [9.17, 15) is 4.79 Å². The summed E-state index contributed by atoms with van der Waals surface area (Å²) in [4.78, 5) is 11.4. The predicted molar refractivity (Wildman–Crippen MR) is 65.0 cm³/mol. The molecule has 0 unspecified atom stereocenters. The highest BCUT2D eigenvalue weighted by molar-refractivity contribution is 5.96. The molecule has 1 aliphatic rings. The highest BCUT2D eigenvalue weighted by Gasteiger charge is 2.17. The number of carbonyl (C=O) groups is 1. The molecule has 1 aromatic carbocycles. The van der Waals surface area contributed by atoms with Gasteiger partial charge in [-0.05, 0) is 38.1 Å². The summed E-state index contributed by atoms with van der Waals surface area (Å²) >= 11 is 0. The summed E-state index contributed by atoms with van der Waals surface area (Å²) < 4.78 is 16.2. The van der Waals surface area contributed by atoms with Gasteiger partial charge in [0.25, 0.3) is 0 Å². The van der Waals surface area contributed by atoms with Crippen molar-refractivity contribution in [2.45, 2.75) is 13.8 Å². The number of ether oxygens (including phenoxy) is 2. The highest BCUT2D eigenvalue weighted by Crippen LogP contribution is 2.36. The van der Waals surface area contributed by atoms with E-state index in [4.69, 9.17) is 13.9 Å². The van der Waals surface area contributed by atoms with Crippen LogP contribution < -0.4 is 9.47 Å². The Morgan fingerprint density at radius 3 is 2.67 bits per heavy atom. The van der Waals surface area contributed by atoms with E-state index in [0.29, 0.717) is 22.8 Å². The van der Waals surface area contributed by atoms with Gasteiger partial charge < -0.3 is 13.9 Å². The van der Waals surface area contributed by atoms with E-state index in [2.05, 4.69) is 0 Å². The Balaban J connectivity index is 2.05. The van der Waals surface area contributed by atoms with Gasteiger partial charge in [-0.15, -0.1) is 0 Å². The molecule has 0 amide bonds. The molecule has 0 saturated carbocycles. The van der Waals surface area contributed by atoms with Gasteiger partial charge in [-0.3, -0.25) is 4.79 Å². The molecule has 0 fully saturated rings. The number of rotatable bonds is 2.